The average Bonchev–Trinajstić information content (AvgIpc) is 2.44. The molecule has 0 N–H and O–H groups in total. The second-order valence-corrected chi connectivity index (χ2v) is 7.52. The van der Waals surface area contributed by atoms with Gasteiger partial charge in [0.05, 0.1) is 16.5 Å². The van der Waals surface area contributed by atoms with E-state index in [1.165, 1.54) is 11.4 Å². The first-order valence-corrected chi connectivity index (χ1v) is 8.93. The van der Waals surface area contributed by atoms with Crippen LogP contribution in [0.1, 0.15) is 33.1 Å². The van der Waals surface area contributed by atoms with Crippen molar-refractivity contribution in [1.29, 1.82) is 0 Å². The summed E-state index contributed by atoms with van der Waals surface area (Å²) in [5.41, 5.74) is 0. The average molecular weight is 364 g/mol. The molecule has 0 aliphatic carbocycles. The van der Waals surface area contributed by atoms with Gasteiger partial charge < -0.3 is 4.74 Å². The van der Waals surface area contributed by atoms with Gasteiger partial charge in [-0.05, 0) is 40.9 Å². The van der Waals surface area contributed by atoms with E-state index in [0.29, 0.717) is 5.75 Å². The van der Waals surface area contributed by atoms with Gasteiger partial charge in [0, 0.05) is 19.2 Å². The Balaban J connectivity index is 3.15. The summed E-state index contributed by atoms with van der Waals surface area (Å²) in [6.07, 6.45) is 2.62. The largest absolute Gasteiger partial charge is 0.496 e. The summed E-state index contributed by atoms with van der Waals surface area (Å²) in [5, 5.41) is 0. The molecule has 0 bridgehead atoms. The normalized spacial score (nSPS) is 13.5. The van der Waals surface area contributed by atoms with Crippen molar-refractivity contribution in [2.24, 2.45) is 0 Å². The molecule has 0 saturated heterocycles. The Labute approximate surface area is 130 Å². The van der Waals surface area contributed by atoms with Gasteiger partial charge in [-0.25, -0.2) is 8.42 Å². The van der Waals surface area contributed by atoms with Gasteiger partial charge in [-0.15, -0.1) is 0 Å². The lowest BCUT2D eigenvalue weighted by Crippen LogP contribution is -2.36. The van der Waals surface area contributed by atoms with Gasteiger partial charge >= 0.3 is 0 Å². The minimum atomic E-state index is -3.49. The Morgan fingerprint density at radius 3 is 2.50 bits per heavy atom. The van der Waals surface area contributed by atoms with Crippen LogP contribution in [0, 0.1) is 0 Å². The molecule has 6 heteroatoms. The Morgan fingerprint density at radius 2 is 2.00 bits per heavy atom. The maximum absolute atomic E-state index is 12.6. The Bertz CT molecular complexity index is 545. The molecule has 0 heterocycles. The number of hydrogen-bond donors (Lipinski definition) is 0. The van der Waals surface area contributed by atoms with Crippen LogP contribution in [0.3, 0.4) is 0 Å². The van der Waals surface area contributed by atoms with Crippen LogP contribution in [-0.4, -0.2) is 32.9 Å². The molecule has 0 aliphatic heterocycles. The Kier molecular flexibility index (Phi) is 6.48. The molecule has 1 rings (SSSR count). The van der Waals surface area contributed by atoms with Crippen LogP contribution in [0.4, 0.5) is 0 Å². The van der Waals surface area contributed by atoms with Crippen molar-refractivity contribution in [3.8, 4) is 5.75 Å². The van der Waals surface area contributed by atoms with E-state index in [1.807, 2.05) is 6.92 Å². The van der Waals surface area contributed by atoms with Crippen molar-refractivity contribution < 1.29 is 13.2 Å². The van der Waals surface area contributed by atoms with E-state index in [1.54, 1.807) is 25.2 Å². The number of benzene rings is 1. The van der Waals surface area contributed by atoms with Crippen molar-refractivity contribution in [2.75, 3.05) is 14.2 Å². The zero-order chi connectivity index (χ0) is 15.3. The lowest BCUT2D eigenvalue weighted by atomic mass is 10.1. The highest BCUT2D eigenvalue weighted by Crippen LogP contribution is 2.29. The van der Waals surface area contributed by atoms with Crippen LogP contribution in [0.2, 0.25) is 0 Å². The fraction of sp³-hybridized carbons (Fsp3) is 0.571. The van der Waals surface area contributed by atoms with Crippen molar-refractivity contribution in [1.82, 2.24) is 4.31 Å². The minimum absolute atomic E-state index is 0.0274. The van der Waals surface area contributed by atoms with Crippen molar-refractivity contribution in [3.05, 3.63) is 22.7 Å². The highest BCUT2D eigenvalue weighted by Gasteiger charge is 2.27. The van der Waals surface area contributed by atoms with Gasteiger partial charge in [-0.3, -0.25) is 0 Å². The summed E-state index contributed by atoms with van der Waals surface area (Å²) in [7, 11) is -0.323. The molecule has 1 aromatic carbocycles. The number of sulfonamides is 1. The van der Waals surface area contributed by atoms with Crippen LogP contribution < -0.4 is 4.74 Å². The standard InChI is InChI=1S/C14H22BrNO3S/c1-5-7-11(6-2)16(3)20(17,18)12-8-9-13(15)14(10-12)19-4/h8-11H,5-7H2,1-4H3. The van der Waals surface area contributed by atoms with Gasteiger partial charge in [0.1, 0.15) is 5.75 Å². The Morgan fingerprint density at radius 1 is 1.35 bits per heavy atom. The second-order valence-electron chi connectivity index (χ2n) is 4.67. The van der Waals surface area contributed by atoms with Crippen LogP contribution in [0.5, 0.6) is 5.75 Å². The monoisotopic (exact) mass is 363 g/mol. The maximum atomic E-state index is 12.6. The van der Waals surface area contributed by atoms with Gasteiger partial charge in [0.15, 0.2) is 0 Å². The molecule has 0 radical (unpaired) electrons. The molecule has 114 valence electrons. The minimum Gasteiger partial charge on any atom is -0.496 e. The molecule has 4 nitrogen and oxygen atoms in total. The number of hydrogen-bond acceptors (Lipinski definition) is 3. The quantitative estimate of drug-likeness (QED) is 0.742. The van der Waals surface area contributed by atoms with Crippen LogP contribution in [0.15, 0.2) is 27.6 Å². The fourth-order valence-corrected chi connectivity index (χ4v) is 4.02. The lowest BCUT2D eigenvalue weighted by Gasteiger charge is -2.26. The highest BCUT2D eigenvalue weighted by molar-refractivity contribution is 9.10. The first-order chi connectivity index (χ1) is 9.38. The topological polar surface area (TPSA) is 46.6 Å². The van der Waals surface area contributed by atoms with Gasteiger partial charge in [0.25, 0.3) is 0 Å². The van der Waals surface area contributed by atoms with E-state index in [0.717, 1.165) is 23.7 Å². The van der Waals surface area contributed by atoms with E-state index >= 15 is 0 Å². The molecule has 20 heavy (non-hydrogen) atoms. The number of halogens is 1. The van der Waals surface area contributed by atoms with Crippen LogP contribution >= 0.6 is 15.9 Å². The third kappa shape index (κ3) is 3.74. The fourth-order valence-electron chi connectivity index (χ4n) is 2.14. The van der Waals surface area contributed by atoms with E-state index in [9.17, 15) is 8.42 Å². The summed E-state index contributed by atoms with van der Waals surface area (Å²) < 4.78 is 32.7. The SMILES string of the molecule is CCCC(CC)N(C)S(=O)(=O)c1ccc(Br)c(OC)c1. The summed E-state index contributed by atoms with van der Waals surface area (Å²) in [5.74, 6) is 0.517. The van der Waals surface area contributed by atoms with Crippen LogP contribution in [-0.2, 0) is 10.0 Å². The molecule has 0 spiro atoms. The number of rotatable bonds is 7. The first-order valence-electron chi connectivity index (χ1n) is 6.70. The summed E-state index contributed by atoms with van der Waals surface area (Å²) >= 11 is 3.33. The number of methoxy groups -OCH3 is 1. The van der Waals surface area contributed by atoms with Crippen molar-refractivity contribution in [2.45, 2.75) is 44.0 Å². The third-order valence-corrected chi connectivity index (χ3v) is 5.97. The van der Waals surface area contributed by atoms with Crippen LogP contribution in [0.25, 0.3) is 0 Å². The van der Waals surface area contributed by atoms with E-state index in [4.69, 9.17) is 4.74 Å². The molecule has 0 saturated carbocycles. The third-order valence-electron chi connectivity index (χ3n) is 3.41. The molecule has 0 amide bonds. The molecule has 0 aliphatic rings. The summed E-state index contributed by atoms with van der Waals surface area (Å²) in [6.45, 7) is 4.07. The van der Waals surface area contributed by atoms with E-state index in [-0.39, 0.29) is 10.9 Å². The van der Waals surface area contributed by atoms with Gasteiger partial charge in [0.2, 0.25) is 10.0 Å². The lowest BCUT2D eigenvalue weighted by molar-refractivity contribution is 0.338. The molecule has 0 aromatic heterocycles. The zero-order valence-electron chi connectivity index (χ0n) is 12.4. The second kappa shape index (κ2) is 7.43. The van der Waals surface area contributed by atoms with Crippen molar-refractivity contribution in [3.63, 3.8) is 0 Å². The molecule has 1 unspecified atom stereocenters. The molecular formula is C14H22BrNO3S. The van der Waals surface area contributed by atoms with Gasteiger partial charge in [-0.1, -0.05) is 20.3 Å². The molecule has 0 fully saturated rings. The van der Waals surface area contributed by atoms with Crippen molar-refractivity contribution >= 4 is 26.0 Å². The number of nitrogens with zero attached hydrogens (tertiary/aromatic N) is 1. The maximum Gasteiger partial charge on any atom is 0.243 e. The molecular weight excluding hydrogens is 342 g/mol. The van der Waals surface area contributed by atoms with Gasteiger partial charge in [-0.2, -0.15) is 4.31 Å². The smallest absolute Gasteiger partial charge is 0.243 e. The summed E-state index contributed by atoms with van der Waals surface area (Å²) in [4.78, 5) is 0.259. The van der Waals surface area contributed by atoms with E-state index < -0.39 is 10.0 Å². The molecule has 1 atom stereocenters. The highest BCUT2D eigenvalue weighted by atomic mass is 79.9. The first kappa shape index (κ1) is 17.5. The van der Waals surface area contributed by atoms with E-state index in [2.05, 4.69) is 22.9 Å². The molecule has 1 aromatic rings. The predicted octanol–water partition coefficient (Wildman–Crippen LogP) is 3.66. The Hall–Kier alpha value is -0.590. The summed E-state index contributed by atoms with van der Waals surface area (Å²) in [6, 6.07) is 4.87. The zero-order valence-corrected chi connectivity index (χ0v) is 14.8. The predicted molar refractivity (Wildman–Crippen MR) is 84.6 cm³/mol. The number of ether oxygens (including phenoxy) is 1.